The van der Waals surface area contributed by atoms with Crippen LogP contribution in [0.15, 0.2) is 0 Å². The summed E-state index contributed by atoms with van der Waals surface area (Å²) >= 11 is 0. The molecule has 0 aromatic heterocycles. The minimum atomic E-state index is -1.16. The summed E-state index contributed by atoms with van der Waals surface area (Å²) < 4.78 is 14.7. The third kappa shape index (κ3) is 9.70. The van der Waals surface area contributed by atoms with E-state index >= 15 is 0 Å². The second kappa shape index (κ2) is 7.28. The van der Waals surface area contributed by atoms with E-state index in [1.165, 1.54) is 7.11 Å². The summed E-state index contributed by atoms with van der Waals surface area (Å²) in [6, 6.07) is -1.16. The molecule has 0 saturated heterocycles. The molecule has 7 heteroatoms. The molecule has 0 aromatic carbocycles. The lowest BCUT2D eigenvalue weighted by atomic mass is 10.1. The average molecular weight is 303 g/mol. The topological polar surface area (TPSA) is 90.9 Å². The van der Waals surface area contributed by atoms with Crippen LogP contribution >= 0.6 is 0 Å². The maximum atomic E-state index is 12.0. The Hall–Kier alpha value is -1.79. The van der Waals surface area contributed by atoms with Crippen LogP contribution in [0.1, 0.15) is 48.0 Å². The molecule has 0 rings (SSSR count). The molecule has 0 fully saturated rings. The summed E-state index contributed by atoms with van der Waals surface area (Å²) in [4.78, 5) is 35.1. The van der Waals surface area contributed by atoms with Crippen LogP contribution in [-0.2, 0) is 23.8 Å². The van der Waals surface area contributed by atoms with Crippen LogP contribution in [0.25, 0.3) is 0 Å². The quantitative estimate of drug-likeness (QED) is 0.629. The van der Waals surface area contributed by atoms with E-state index in [2.05, 4.69) is 10.1 Å². The number of amides is 1. The van der Waals surface area contributed by atoms with Crippen LogP contribution in [0.3, 0.4) is 0 Å². The molecule has 122 valence electrons. The van der Waals surface area contributed by atoms with Crippen molar-refractivity contribution in [3.05, 3.63) is 0 Å². The maximum absolute atomic E-state index is 12.0. The lowest BCUT2D eigenvalue weighted by Crippen LogP contribution is -2.47. The van der Waals surface area contributed by atoms with Gasteiger partial charge in [0, 0.05) is 0 Å². The Morgan fingerprint density at radius 2 is 1.43 bits per heavy atom. The fourth-order valence-corrected chi connectivity index (χ4v) is 1.27. The molecule has 0 aliphatic rings. The molecule has 1 N–H and O–H groups in total. The Balaban J connectivity index is 4.86. The number of esters is 2. The zero-order chi connectivity index (χ0) is 16.8. The molecule has 0 heterocycles. The number of alkyl carbamates (subject to hydrolysis) is 1. The molecule has 1 unspecified atom stereocenters. The summed E-state index contributed by atoms with van der Waals surface area (Å²) in [5.74, 6) is -1.36. The van der Waals surface area contributed by atoms with Crippen LogP contribution in [0, 0.1) is 0 Å². The van der Waals surface area contributed by atoms with Crippen molar-refractivity contribution in [3.63, 3.8) is 0 Å². The van der Waals surface area contributed by atoms with E-state index in [1.54, 1.807) is 41.5 Å². The highest BCUT2D eigenvalue weighted by Crippen LogP contribution is 2.12. The molecule has 1 atom stereocenters. The molecule has 0 saturated carbocycles. The molecule has 0 aliphatic heterocycles. The number of hydrogen-bond donors (Lipinski definition) is 1. The van der Waals surface area contributed by atoms with Gasteiger partial charge >= 0.3 is 18.0 Å². The largest absolute Gasteiger partial charge is 0.469 e. The van der Waals surface area contributed by atoms with Crippen molar-refractivity contribution in [1.29, 1.82) is 0 Å². The lowest BCUT2D eigenvalue weighted by molar-refractivity contribution is -0.160. The third-order valence-electron chi connectivity index (χ3n) is 1.98. The maximum Gasteiger partial charge on any atom is 0.408 e. The average Bonchev–Trinajstić information content (AvgIpc) is 2.22. The molecule has 7 nitrogen and oxygen atoms in total. The molecule has 0 radical (unpaired) electrons. The molecule has 0 spiro atoms. The van der Waals surface area contributed by atoms with Gasteiger partial charge in [-0.2, -0.15) is 0 Å². The summed E-state index contributed by atoms with van der Waals surface area (Å²) in [5.41, 5.74) is -1.45. The number of rotatable bonds is 4. The zero-order valence-electron chi connectivity index (χ0n) is 13.7. The Kier molecular flexibility index (Phi) is 6.66. The Morgan fingerprint density at radius 3 is 1.81 bits per heavy atom. The smallest absolute Gasteiger partial charge is 0.408 e. The minimum absolute atomic E-state index is 0.329. The van der Waals surface area contributed by atoms with Crippen LogP contribution < -0.4 is 5.32 Å². The van der Waals surface area contributed by atoms with Gasteiger partial charge in [0.2, 0.25) is 0 Å². The highest BCUT2D eigenvalue weighted by atomic mass is 16.6. The van der Waals surface area contributed by atoms with Gasteiger partial charge < -0.3 is 19.5 Å². The summed E-state index contributed by atoms with van der Waals surface area (Å²) in [6.07, 6.45) is -1.13. The van der Waals surface area contributed by atoms with E-state index in [1.807, 2.05) is 0 Å². The molecule has 0 bridgehead atoms. The van der Waals surface area contributed by atoms with Crippen molar-refractivity contribution in [1.82, 2.24) is 5.32 Å². The normalized spacial score (nSPS) is 13.1. The molecule has 1 amide bonds. The molecular formula is C14H25NO6. The van der Waals surface area contributed by atoms with Crippen LogP contribution in [-0.4, -0.2) is 42.4 Å². The zero-order valence-corrected chi connectivity index (χ0v) is 13.7. The van der Waals surface area contributed by atoms with Gasteiger partial charge in [-0.25, -0.2) is 9.59 Å². The molecule has 21 heavy (non-hydrogen) atoms. The van der Waals surface area contributed by atoms with Crippen molar-refractivity contribution in [2.75, 3.05) is 7.11 Å². The number of methoxy groups -OCH3 is 1. The second-order valence-corrected chi connectivity index (χ2v) is 6.51. The van der Waals surface area contributed by atoms with E-state index in [4.69, 9.17) is 9.47 Å². The first-order chi connectivity index (χ1) is 9.34. The van der Waals surface area contributed by atoms with E-state index in [-0.39, 0.29) is 6.42 Å². The second-order valence-electron chi connectivity index (χ2n) is 6.51. The standard InChI is InChI=1S/C14H25NO6/c1-13(2,3)20-11(17)9(8-10(16)19-7)15-12(18)21-14(4,5)6/h9H,8H2,1-7H3,(H,15,18). The summed E-state index contributed by atoms with van der Waals surface area (Å²) in [5, 5.41) is 2.32. The van der Waals surface area contributed by atoms with Crippen molar-refractivity contribution in [2.24, 2.45) is 0 Å². The summed E-state index contributed by atoms with van der Waals surface area (Å²) in [7, 11) is 1.20. The fraction of sp³-hybridized carbons (Fsp3) is 0.786. The Bertz CT molecular complexity index is 391. The number of hydrogen-bond acceptors (Lipinski definition) is 6. The SMILES string of the molecule is COC(=O)CC(NC(=O)OC(C)(C)C)C(=O)OC(C)(C)C. The first-order valence-electron chi connectivity index (χ1n) is 6.63. The minimum Gasteiger partial charge on any atom is -0.469 e. The van der Waals surface area contributed by atoms with E-state index < -0.39 is 35.3 Å². The number of ether oxygens (including phenoxy) is 3. The van der Waals surface area contributed by atoms with E-state index in [0.29, 0.717) is 0 Å². The van der Waals surface area contributed by atoms with Gasteiger partial charge in [-0.1, -0.05) is 0 Å². The monoisotopic (exact) mass is 303 g/mol. The van der Waals surface area contributed by atoms with Crippen LogP contribution in [0.2, 0.25) is 0 Å². The van der Waals surface area contributed by atoms with Gasteiger partial charge in [0.15, 0.2) is 0 Å². The van der Waals surface area contributed by atoms with Crippen LogP contribution in [0.5, 0.6) is 0 Å². The first-order valence-corrected chi connectivity index (χ1v) is 6.63. The van der Waals surface area contributed by atoms with Gasteiger partial charge in [-0.05, 0) is 41.5 Å². The predicted octanol–water partition coefficient (Wildman–Crippen LogP) is 1.78. The van der Waals surface area contributed by atoms with Crippen molar-refractivity contribution in [3.8, 4) is 0 Å². The van der Waals surface area contributed by atoms with E-state index in [0.717, 1.165) is 0 Å². The summed E-state index contributed by atoms with van der Waals surface area (Å²) in [6.45, 7) is 10.1. The van der Waals surface area contributed by atoms with E-state index in [9.17, 15) is 14.4 Å². The van der Waals surface area contributed by atoms with Crippen molar-refractivity contribution < 1.29 is 28.6 Å². The van der Waals surface area contributed by atoms with Gasteiger partial charge in [-0.15, -0.1) is 0 Å². The van der Waals surface area contributed by atoms with Crippen LogP contribution in [0.4, 0.5) is 4.79 Å². The van der Waals surface area contributed by atoms with Crippen molar-refractivity contribution >= 4 is 18.0 Å². The molecular weight excluding hydrogens is 278 g/mol. The number of carbonyl (C=O) groups excluding carboxylic acids is 3. The highest BCUT2D eigenvalue weighted by Gasteiger charge is 2.30. The highest BCUT2D eigenvalue weighted by molar-refractivity contribution is 5.86. The van der Waals surface area contributed by atoms with Gasteiger partial charge in [0.1, 0.15) is 17.2 Å². The van der Waals surface area contributed by atoms with Gasteiger partial charge in [0.05, 0.1) is 13.5 Å². The fourth-order valence-electron chi connectivity index (χ4n) is 1.27. The molecule has 0 aliphatic carbocycles. The van der Waals surface area contributed by atoms with Gasteiger partial charge in [0.25, 0.3) is 0 Å². The lowest BCUT2D eigenvalue weighted by Gasteiger charge is -2.25. The van der Waals surface area contributed by atoms with Crippen molar-refractivity contribution in [2.45, 2.75) is 65.2 Å². The first kappa shape index (κ1) is 19.2. The molecule has 0 aromatic rings. The number of nitrogens with one attached hydrogen (secondary N) is 1. The Morgan fingerprint density at radius 1 is 0.952 bits per heavy atom. The Labute approximate surface area is 125 Å². The number of carbonyl (C=O) groups is 3. The van der Waals surface area contributed by atoms with Gasteiger partial charge in [-0.3, -0.25) is 4.79 Å². The third-order valence-corrected chi connectivity index (χ3v) is 1.98. The predicted molar refractivity (Wildman–Crippen MR) is 75.6 cm³/mol.